The highest BCUT2D eigenvalue weighted by Gasteiger charge is 2.29. The van der Waals surface area contributed by atoms with E-state index in [4.69, 9.17) is 0 Å². The molecule has 2 heterocycles. The summed E-state index contributed by atoms with van der Waals surface area (Å²) in [4.78, 5) is 19.0. The molecule has 0 saturated carbocycles. The number of amides is 1. The van der Waals surface area contributed by atoms with Gasteiger partial charge in [0.15, 0.2) is 5.82 Å². The third-order valence-corrected chi connectivity index (χ3v) is 4.46. The van der Waals surface area contributed by atoms with Crippen LogP contribution in [-0.4, -0.2) is 50.3 Å². The number of aryl methyl sites for hydroxylation is 1. The van der Waals surface area contributed by atoms with Gasteiger partial charge in [-0.15, -0.1) is 0 Å². The van der Waals surface area contributed by atoms with Gasteiger partial charge >= 0.3 is 0 Å². The summed E-state index contributed by atoms with van der Waals surface area (Å²) in [6.45, 7) is 4.65. The molecule has 2 atom stereocenters. The second kappa shape index (κ2) is 6.50. The predicted molar refractivity (Wildman–Crippen MR) is 86.9 cm³/mol. The average molecular weight is 314 g/mol. The van der Waals surface area contributed by atoms with Crippen molar-refractivity contribution in [2.24, 2.45) is 5.92 Å². The first-order valence-corrected chi connectivity index (χ1v) is 7.99. The Bertz CT molecular complexity index is 697. The quantitative estimate of drug-likeness (QED) is 0.908. The van der Waals surface area contributed by atoms with Crippen LogP contribution in [0.4, 0.5) is 0 Å². The lowest BCUT2D eigenvalue weighted by atomic mass is 9.93. The largest absolute Gasteiger partial charge is 0.396 e. The number of aromatic nitrogens is 3. The number of aliphatic hydroxyl groups excluding tert-OH is 1. The summed E-state index contributed by atoms with van der Waals surface area (Å²) in [6.07, 6.45) is 1.90. The van der Waals surface area contributed by atoms with Crippen molar-refractivity contribution in [2.45, 2.75) is 32.7 Å². The highest BCUT2D eigenvalue weighted by Crippen LogP contribution is 2.24. The number of hydrogen-bond donors (Lipinski definition) is 2. The molecule has 1 aromatic carbocycles. The van der Waals surface area contributed by atoms with Crippen LogP contribution in [0.2, 0.25) is 0 Å². The fraction of sp³-hybridized carbons (Fsp3) is 0.471. The highest BCUT2D eigenvalue weighted by atomic mass is 16.3. The van der Waals surface area contributed by atoms with Gasteiger partial charge in [0, 0.05) is 30.3 Å². The number of rotatable bonds is 3. The van der Waals surface area contributed by atoms with Crippen molar-refractivity contribution >= 4 is 5.91 Å². The first-order chi connectivity index (χ1) is 11.1. The molecule has 6 heteroatoms. The number of aromatic amines is 1. The van der Waals surface area contributed by atoms with Crippen molar-refractivity contribution < 1.29 is 9.90 Å². The van der Waals surface area contributed by atoms with E-state index in [9.17, 15) is 9.90 Å². The van der Waals surface area contributed by atoms with Crippen LogP contribution >= 0.6 is 0 Å². The molecule has 0 aliphatic carbocycles. The smallest absolute Gasteiger partial charge is 0.254 e. The SMILES string of the molecule is Cc1nc(-c2cccc(C(=O)N3CC(CO)CCC3C)c2)n[nH]1. The molecule has 3 rings (SSSR count). The van der Waals surface area contributed by atoms with Gasteiger partial charge in [0.1, 0.15) is 5.82 Å². The molecule has 23 heavy (non-hydrogen) atoms. The number of likely N-dealkylation sites (tertiary alicyclic amines) is 1. The topological polar surface area (TPSA) is 82.1 Å². The molecule has 2 N–H and O–H groups in total. The molecule has 1 saturated heterocycles. The number of aliphatic hydroxyl groups is 1. The van der Waals surface area contributed by atoms with E-state index in [0.29, 0.717) is 17.9 Å². The predicted octanol–water partition coefficient (Wildman–Crippen LogP) is 2.01. The number of piperidine rings is 1. The van der Waals surface area contributed by atoms with Crippen LogP contribution in [0.5, 0.6) is 0 Å². The Morgan fingerprint density at radius 1 is 1.43 bits per heavy atom. The Balaban J connectivity index is 1.84. The van der Waals surface area contributed by atoms with Crippen LogP contribution in [0.3, 0.4) is 0 Å². The summed E-state index contributed by atoms with van der Waals surface area (Å²) >= 11 is 0. The second-order valence-corrected chi connectivity index (χ2v) is 6.26. The molecular formula is C17H22N4O2. The minimum atomic E-state index is 0.00441. The first kappa shape index (κ1) is 15.7. The number of nitrogens with one attached hydrogen (secondary N) is 1. The van der Waals surface area contributed by atoms with Gasteiger partial charge in [-0.05, 0) is 44.7 Å². The van der Waals surface area contributed by atoms with Gasteiger partial charge in [0.05, 0.1) is 0 Å². The fourth-order valence-corrected chi connectivity index (χ4v) is 3.04. The summed E-state index contributed by atoms with van der Waals surface area (Å²) in [6, 6.07) is 7.60. The van der Waals surface area contributed by atoms with Crippen LogP contribution in [-0.2, 0) is 0 Å². The van der Waals surface area contributed by atoms with Crippen molar-refractivity contribution in [3.63, 3.8) is 0 Å². The minimum absolute atomic E-state index is 0.00441. The Kier molecular flexibility index (Phi) is 4.43. The Morgan fingerprint density at radius 3 is 2.96 bits per heavy atom. The Hall–Kier alpha value is -2.21. The van der Waals surface area contributed by atoms with Gasteiger partial charge in [0.2, 0.25) is 0 Å². The highest BCUT2D eigenvalue weighted by molar-refractivity contribution is 5.95. The van der Waals surface area contributed by atoms with Gasteiger partial charge in [0.25, 0.3) is 5.91 Å². The molecule has 1 aromatic heterocycles. The van der Waals surface area contributed by atoms with Crippen molar-refractivity contribution in [1.82, 2.24) is 20.1 Å². The van der Waals surface area contributed by atoms with Gasteiger partial charge in [-0.2, -0.15) is 5.10 Å². The maximum Gasteiger partial charge on any atom is 0.254 e. The van der Waals surface area contributed by atoms with Crippen molar-refractivity contribution in [2.75, 3.05) is 13.2 Å². The van der Waals surface area contributed by atoms with Crippen molar-refractivity contribution in [1.29, 1.82) is 0 Å². The number of carbonyl (C=O) groups excluding carboxylic acids is 1. The number of benzene rings is 1. The molecule has 0 radical (unpaired) electrons. The molecule has 0 bridgehead atoms. The lowest BCUT2D eigenvalue weighted by Gasteiger charge is -2.37. The van der Waals surface area contributed by atoms with Crippen LogP contribution in [0.1, 0.15) is 35.9 Å². The van der Waals surface area contributed by atoms with E-state index in [1.165, 1.54) is 0 Å². The zero-order valence-electron chi connectivity index (χ0n) is 13.5. The second-order valence-electron chi connectivity index (χ2n) is 6.26. The fourth-order valence-electron chi connectivity index (χ4n) is 3.04. The number of carbonyl (C=O) groups is 1. The molecule has 1 amide bonds. The number of hydrogen-bond acceptors (Lipinski definition) is 4. The third-order valence-electron chi connectivity index (χ3n) is 4.46. The van der Waals surface area contributed by atoms with E-state index in [1.807, 2.05) is 36.1 Å². The maximum atomic E-state index is 12.9. The summed E-state index contributed by atoms with van der Waals surface area (Å²) in [5.74, 6) is 1.52. The molecule has 1 fully saturated rings. The van der Waals surface area contributed by atoms with Crippen LogP contribution < -0.4 is 0 Å². The molecule has 0 spiro atoms. The molecule has 1 aliphatic heterocycles. The van der Waals surface area contributed by atoms with E-state index < -0.39 is 0 Å². The Morgan fingerprint density at radius 2 is 2.26 bits per heavy atom. The average Bonchev–Trinajstić information content (AvgIpc) is 3.01. The molecule has 1 aliphatic rings. The molecule has 122 valence electrons. The first-order valence-electron chi connectivity index (χ1n) is 7.99. The van der Waals surface area contributed by atoms with Gasteiger partial charge in [-0.25, -0.2) is 4.98 Å². The van der Waals surface area contributed by atoms with E-state index in [0.717, 1.165) is 24.2 Å². The van der Waals surface area contributed by atoms with Gasteiger partial charge < -0.3 is 10.0 Å². The van der Waals surface area contributed by atoms with Crippen LogP contribution in [0, 0.1) is 12.8 Å². The zero-order chi connectivity index (χ0) is 16.4. The molecule has 6 nitrogen and oxygen atoms in total. The van der Waals surface area contributed by atoms with E-state index in [2.05, 4.69) is 22.1 Å². The molecule has 2 unspecified atom stereocenters. The maximum absolute atomic E-state index is 12.9. The zero-order valence-corrected chi connectivity index (χ0v) is 13.5. The lowest BCUT2D eigenvalue weighted by Crippen LogP contribution is -2.46. The normalized spacial score (nSPS) is 21.4. The molecular weight excluding hydrogens is 292 g/mol. The molecule has 2 aromatic rings. The van der Waals surface area contributed by atoms with E-state index in [-0.39, 0.29) is 24.5 Å². The van der Waals surface area contributed by atoms with Crippen molar-refractivity contribution in [3.05, 3.63) is 35.7 Å². The van der Waals surface area contributed by atoms with E-state index in [1.54, 1.807) is 0 Å². The van der Waals surface area contributed by atoms with Crippen LogP contribution in [0.15, 0.2) is 24.3 Å². The minimum Gasteiger partial charge on any atom is -0.396 e. The van der Waals surface area contributed by atoms with Gasteiger partial charge in [-0.1, -0.05) is 12.1 Å². The standard InChI is InChI=1S/C17H22N4O2/c1-11-6-7-13(10-22)9-21(11)17(23)15-5-3-4-14(8-15)16-18-12(2)19-20-16/h3-5,8,11,13,22H,6-7,9-10H2,1-2H3,(H,18,19,20). The summed E-state index contributed by atoms with van der Waals surface area (Å²) in [7, 11) is 0. The van der Waals surface area contributed by atoms with E-state index >= 15 is 0 Å². The van der Waals surface area contributed by atoms with Gasteiger partial charge in [-0.3, -0.25) is 9.89 Å². The summed E-state index contributed by atoms with van der Waals surface area (Å²) < 4.78 is 0. The summed E-state index contributed by atoms with van der Waals surface area (Å²) in [5, 5.41) is 16.3. The monoisotopic (exact) mass is 314 g/mol. The van der Waals surface area contributed by atoms with Crippen molar-refractivity contribution in [3.8, 4) is 11.4 Å². The third kappa shape index (κ3) is 3.27. The Labute approximate surface area is 135 Å². The lowest BCUT2D eigenvalue weighted by molar-refractivity contribution is 0.0489. The van der Waals surface area contributed by atoms with Crippen LogP contribution in [0.25, 0.3) is 11.4 Å². The summed E-state index contributed by atoms with van der Waals surface area (Å²) in [5.41, 5.74) is 1.46. The number of nitrogens with zero attached hydrogens (tertiary/aromatic N) is 3. The number of H-pyrrole nitrogens is 1.